The van der Waals surface area contributed by atoms with Crippen molar-refractivity contribution in [3.63, 3.8) is 0 Å². The molecule has 27 nitrogen and oxygen atoms in total. The molecule has 0 aromatic heterocycles. The Morgan fingerprint density at radius 2 is 1.07 bits per heavy atom. The van der Waals surface area contributed by atoms with Crippen LogP contribution in [0.4, 0.5) is 0 Å². The van der Waals surface area contributed by atoms with Crippen LogP contribution in [0, 0.1) is 17.8 Å². The fourth-order valence-corrected chi connectivity index (χ4v) is 10.9. The Balaban J connectivity index is 0.988. The number of aliphatic carboxylic acids is 1. The molecule has 23 atom stereocenters. The van der Waals surface area contributed by atoms with Crippen molar-refractivity contribution in [1.29, 1.82) is 0 Å². The molecule has 7 aliphatic rings. The van der Waals surface area contributed by atoms with Crippen molar-refractivity contribution >= 4 is 17.9 Å². The van der Waals surface area contributed by atoms with Crippen LogP contribution in [0.2, 0.25) is 0 Å². The second kappa shape index (κ2) is 25.0. The van der Waals surface area contributed by atoms with Crippen molar-refractivity contribution in [2.45, 2.75) is 211 Å². The van der Waals surface area contributed by atoms with Crippen LogP contribution in [0.1, 0.15) is 64.2 Å². The van der Waals surface area contributed by atoms with Gasteiger partial charge in [-0.25, -0.2) is 4.79 Å². The van der Waals surface area contributed by atoms with Crippen LogP contribution in [0.3, 0.4) is 0 Å². The smallest absolute Gasteiger partial charge is 0.330 e. The second-order valence-corrected chi connectivity index (χ2v) is 20.1. The highest BCUT2D eigenvalue weighted by molar-refractivity contribution is 5.90. The third kappa shape index (κ3) is 13.5. The molecule has 0 amide bonds. The predicted octanol–water partition coefficient (Wildman–Crippen LogP) is -7.20. The minimum atomic E-state index is -1.90. The fraction of sp³-hybridized carbons (Fsp3) is 0.889. The summed E-state index contributed by atoms with van der Waals surface area (Å²) in [5, 5.41) is 157. The average molecular weight is 1040 g/mol. The molecule has 0 spiro atoms. The number of hydrogen-bond donors (Lipinski definition) is 15. The van der Waals surface area contributed by atoms with Crippen LogP contribution in [0.15, 0.2) is 12.2 Å². The maximum atomic E-state index is 12.9. The van der Waals surface area contributed by atoms with E-state index in [9.17, 15) is 85.9 Å². The third-order valence-electron chi connectivity index (χ3n) is 15.0. The number of carbonyl (C=O) groups excluding carboxylic acids is 2. The Morgan fingerprint density at radius 3 is 1.62 bits per heavy atom. The van der Waals surface area contributed by atoms with Crippen molar-refractivity contribution in [3.8, 4) is 0 Å². The normalized spacial score (nSPS) is 48.1. The zero-order valence-corrected chi connectivity index (χ0v) is 39.1. The van der Waals surface area contributed by atoms with Gasteiger partial charge in [0.05, 0.1) is 43.0 Å². The number of rotatable bonds is 16. The number of fused-ring (bicyclic) bond motifs is 1. The minimum absolute atomic E-state index is 0.0246. The first-order valence-electron chi connectivity index (χ1n) is 24.4. The fourth-order valence-electron chi connectivity index (χ4n) is 10.9. The number of esters is 2. The molecule has 0 bridgehead atoms. The van der Waals surface area contributed by atoms with Gasteiger partial charge in [-0.2, -0.15) is 0 Å². The van der Waals surface area contributed by atoms with Crippen molar-refractivity contribution < 1.29 is 134 Å². The molecule has 72 heavy (non-hydrogen) atoms. The largest absolute Gasteiger partial charge is 0.481 e. The van der Waals surface area contributed by atoms with E-state index in [1.165, 1.54) is 6.08 Å². The van der Waals surface area contributed by atoms with Crippen LogP contribution in [-0.4, -0.2) is 266 Å². The van der Waals surface area contributed by atoms with E-state index in [0.717, 1.165) is 0 Å². The van der Waals surface area contributed by atoms with Gasteiger partial charge in [-0.05, 0) is 50.9 Å². The Hall–Kier alpha value is -2.69. The third-order valence-corrected chi connectivity index (χ3v) is 15.0. The molecule has 3 aliphatic carbocycles. The van der Waals surface area contributed by atoms with E-state index in [0.29, 0.717) is 25.7 Å². The number of aliphatic hydroxyl groups is 16. The molecular formula is C45H71O27+. The standard InChI is InChI=1S/C45H70O27/c46-13-26-33(55)36(58)39(61)43(70-26)66-19-4-1-16(2-5-19)3-6-30(52)64-14-27-34(56)38(60)41(63)45(72-27)69-25-11-20-23(67-42(25)17-7-21(48)32(54)22(49)8-17)9-18(47)10-24(20)68-44-40(62)37(59)35(57)28(71-44)15-65-31(53)12-29(50)51/h3,6,16-28,32-49,54-63H,1-2,4-5,7-15H2,(H,50,51)/p+1. The number of hydrogen-bond acceptors (Lipinski definition) is 25. The molecular weight excluding hydrogens is 972 g/mol. The van der Waals surface area contributed by atoms with Gasteiger partial charge in [0.1, 0.15) is 105 Å². The monoisotopic (exact) mass is 1040 g/mol. The van der Waals surface area contributed by atoms with Gasteiger partial charge in [0.25, 0.3) is 0 Å². The molecule has 16 N–H and O–H groups in total. The first kappa shape index (κ1) is 57.0. The molecule has 3 saturated carbocycles. The van der Waals surface area contributed by atoms with Crippen LogP contribution >= 0.6 is 0 Å². The topological polar surface area (TPSA) is 441 Å². The van der Waals surface area contributed by atoms with Gasteiger partial charge in [0.2, 0.25) is 0 Å². The lowest BCUT2D eigenvalue weighted by atomic mass is 9.72. The number of carboxylic acids is 1. The summed E-state index contributed by atoms with van der Waals surface area (Å²) in [7, 11) is 0. The molecule has 7 fully saturated rings. The van der Waals surface area contributed by atoms with E-state index in [-0.39, 0.29) is 38.0 Å². The summed E-state index contributed by atoms with van der Waals surface area (Å²) < 4.78 is 50.8. The summed E-state index contributed by atoms with van der Waals surface area (Å²) in [6, 6.07) is 0. The SMILES string of the molecule is O=C(O)CC(=O)OCC1OC(OC2CC(O)CC3[OH+]C(C4CC(O)C(O)C(O)C4)C(OC4OC(COC(=O)C=CC5CCC(OC6OC(CO)C(O)C(O)C6O)CC5)C(O)C(O)C4O)CC23)C(O)C(O)C1O. The molecule has 412 valence electrons. The van der Waals surface area contributed by atoms with Crippen molar-refractivity contribution in [2.24, 2.45) is 17.8 Å². The van der Waals surface area contributed by atoms with E-state index in [4.69, 9.17) is 47.7 Å². The maximum absolute atomic E-state index is 12.9. The highest BCUT2D eigenvalue weighted by atomic mass is 16.7. The van der Waals surface area contributed by atoms with Gasteiger partial charge in [-0.15, -0.1) is 0 Å². The summed E-state index contributed by atoms with van der Waals surface area (Å²) >= 11 is 0. The van der Waals surface area contributed by atoms with Crippen LogP contribution in [-0.2, 0) is 52.3 Å². The lowest BCUT2D eigenvalue weighted by Crippen LogP contribution is -2.64. The molecule has 0 aromatic rings. The molecule has 4 aliphatic heterocycles. The van der Waals surface area contributed by atoms with E-state index in [2.05, 4.69) is 0 Å². The Kier molecular flexibility index (Phi) is 19.8. The second-order valence-electron chi connectivity index (χ2n) is 20.1. The lowest BCUT2D eigenvalue weighted by molar-refractivity contribution is -0.368. The summed E-state index contributed by atoms with van der Waals surface area (Å²) in [6.45, 7) is -1.94. The highest BCUT2D eigenvalue weighted by Crippen LogP contribution is 2.44. The lowest BCUT2D eigenvalue weighted by Gasteiger charge is -2.50. The molecule has 7 rings (SSSR count). The average Bonchev–Trinajstić information content (AvgIpc) is 3.34. The van der Waals surface area contributed by atoms with Gasteiger partial charge in [0.15, 0.2) is 31.1 Å². The maximum Gasteiger partial charge on any atom is 0.330 e. The molecule has 4 saturated heterocycles. The predicted molar refractivity (Wildman–Crippen MR) is 231 cm³/mol. The number of carbonyl (C=O) groups is 3. The Labute approximate surface area is 411 Å². The van der Waals surface area contributed by atoms with Gasteiger partial charge in [0, 0.05) is 24.8 Å². The number of ether oxygens (including phenoxy) is 9. The molecule has 23 unspecified atom stereocenters. The van der Waals surface area contributed by atoms with Crippen molar-refractivity contribution in [2.75, 3.05) is 19.8 Å². The number of aliphatic hydroxyl groups excluding tert-OH is 14. The van der Waals surface area contributed by atoms with Gasteiger partial charge < -0.3 is 119 Å². The van der Waals surface area contributed by atoms with E-state index in [1.807, 2.05) is 0 Å². The van der Waals surface area contributed by atoms with E-state index in [1.54, 1.807) is 6.08 Å². The summed E-state index contributed by atoms with van der Waals surface area (Å²) in [5.41, 5.74) is 0. The minimum Gasteiger partial charge on any atom is -0.481 e. The molecule has 4 heterocycles. The Bertz CT molecular complexity index is 1790. The summed E-state index contributed by atoms with van der Waals surface area (Å²) in [5.74, 6) is -4.94. The van der Waals surface area contributed by atoms with E-state index >= 15 is 0 Å². The van der Waals surface area contributed by atoms with Gasteiger partial charge in [-0.3, -0.25) is 9.59 Å². The van der Waals surface area contributed by atoms with Crippen molar-refractivity contribution in [3.05, 3.63) is 12.2 Å². The number of carboxylic acid groups (broad SMARTS) is 1. The molecule has 0 radical (unpaired) electrons. The highest BCUT2D eigenvalue weighted by Gasteiger charge is 2.57. The number of allylic oxidation sites excluding steroid dienone is 1. The zero-order chi connectivity index (χ0) is 52.3. The Morgan fingerprint density at radius 1 is 0.556 bits per heavy atom. The summed E-state index contributed by atoms with van der Waals surface area (Å²) in [6.07, 6.45) is -30.3. The quantitative estimate of drug-likeness (QED) is 0.0296. The van der Waals surface area contributed by atoms with Crippen LogP contribution < -0.4 is 0 Å². The first-order chi connectivity index (χ1) is 34.1. The molecule has 0 aromatic carbocycles. The van der Waals surface area contributed by atoms with E-state index < -0.39 is 203 Å². The van der Waals surface area contributed by atoms with Gasteiger partial charge in [-0.1, -0.05) is 6.08 Å². The van der Waals surface area contributed by atoms with Crippen LogP contribution in [0.5, 0.6) is 0 Å². The zero-order valence-electron chi connectivity index (χ0n) is 39.1. The first-order valence-corrected chi connectivity index (χ1v) is 24.4. The molecule has 27 heteroatoms. The van der Waals surface area contributed by atoms with Crippen molar-refractivity contribution in [1.82, 2.24) is 0 Å². The van der Waals surface area contributed by atoms with Gasteiger partial charge >= 0.3 is 17.9 Å². The summed E-state index contributed by atoms with van der Waals surface area (Å²) in [4.78, 5) is 35.8. The van der Waals surface area contributed by atoms with Crippen LogP contribution in [0.25, 0.3) is 0 Å².